The zero-order valence-electron chi connectivity index (χ0n) is 11.4. The van der Waals surface area contributed by atoms with Crippen molar-refractivity contribution in [1.82, 2.24) is 9.71 Å². The van der Waals surface area contributed by atoms with Crippen LogP contribution in [-0.4, -0.2) is 19.9 Å². The monoisotopic (exact) mass is 311 g/mol. The highest BCUT2D eigenvalue weighted by atomic mass is 32.2. The van der Waals surface area contributed by atoms with Crippen LogP contribution in [0, 0.1) is 13.8 Å². The van der Waals surface area contributed by atoms with Crippen molar-refractivity contribution in [3.05, 3.63) is 39.8 Å². The van der Waals surface area contributed by atoms with Gasteiger partial charge in [0.25, 0.3) is 0 Å². The van der Waals surface area contributed by atoms with Crippen LogP contribution in [0.1, 0.15) is 16.3 Å². The molecule has 3 N–H and O–H groups in total. The Morgan fingerprint density at radius 2 is 2.10 bits per heavy atom. The number of nitrogens with one attached hydrogen (secondary N) is 1. The standard InChI is InChI=1S/C13H17N3O2S2/c1-9-7-11(14)3-4-13(9)20(17,18)15-6-5-12-8-19-10(2)16-12/h3-4,7-8,15H,5-6,14H2,1-2H3. The Balaban J connectivity index is 2.04. The lowest BCUT2D eigenvalue weighted by molar-refractivity contribution is 0.581. The summed E-state index contributed by atoms with van der Waals surface area (Å²) < 4.78 is 27.0. The van der Waals surface area contributed by atoms with Gasteiger partial charge in [-0.2, -0.15) is 0 Å². The Kier molecular flexibility index (Phi) is 4.42. The number of rotatable bonds is 5. The molecule has 1 heterocycles. The van der Waals surface area contributed by atoms with E-state index in [-0.39, 0.29) is 4.90 Å². The highest BCUT2D eigenvalue weighted by Crippen LogP contribution is 2.17. The number of aromatic nitrogens is 1. The predicted octanol–water partition coefficient (Wildman–Crippen LogP) is 1.86. The van der Waals surface area contributed by atoms with E-state index < -0.39 is 10.0 Å². The van der Waals surface area contributed by atoms with Gasteiger partial charge in [-0.3, -0.25) is 0 Å². The van der Waals surface area contributed by atoms with Crippen molar-refractivity contribution in [2.75, 3.05) is 12.3 Å². The number of thiazole rings is 1. The Morgan fingerprint density at radius 3 is 2.70 bits per heavy atom. The smallest absolute Gasteiger partial charge is 0.240 e. The quantitative estimate of drug-likeness (QED) is 0.825. The first-order valence-electron chi connectivity index (χ1n) is 6.15. The van der Waals surface area contributed by atoms with Gasteiger partial charge in [0.1, 0.15) is 0 Å². The summed E-state index contributed by atoms with van der Waals surface area (Å²) >= 11 is 1.56. The second-order valence-electron chi connectivity index (χ2n) is 4.53. The van der Waals surface area contributed by atoms with E-state index >= 15 is 0 Å². The average Bonchev–Trinajstić information content (AvgIpc) is 2.74. The third-order valence-electron chi connectivity index (χ3n) is 2.83. The van der Waals surface area contributed by atoms with E-state index in [0.29, 0.717) is 24.2 Å². The first-order chi connectivity index (χ1) is 9.38. The number of hydrogen-bond acceptors (Lipinski definition) is 5. The molecule has 1 aromatic carbocycles. The molecular formula is C13H17N3O2S2. The molecule has 5 nitrogen and oxygen atoms in total. The molecule has 0 radical (unpaired) electrons. The first-order valence-corrected chi connectivity index (χ1v) is 8.51. The zero-order chi connectivity index (χ0) is 14.8. The molecule has 1 aromatic heterocycles. The van der Waals surface area contributed by atoms with Crippen molar-refractivity contribution in [1.29, 1.82) is 0 Å². The lowest BCUT2D eigenvalue weighted by Gasteiger charge is -2.09. The van der Waals surface area contributed by atoms with Crippen LogP contribution in [0.2, 0.25) is 0 Å². The SMILES string of the molecule is Cc1nc(CCNS(=O)(=O)c2ccc(N)cc2C)cs1. The molecule has 0 unspecified atom stereocenters. The summed E-state index contributed by atoms with van der Waals surface area (Å²) in [5.41, 5.74) is 7.73. The van der Waals surface area contributed by atoms with Gasteiger partial charge in [-0.25, -0.2) is 18.1 Å². The predicted molar refractivity (Wildman–Crippen MR) is 81.3 cm³/mol. The third kappa shape index (κ3) is 3.56. The highest BCUT2D eigenvalue weighted by molar-refractivity contribution is 7.89. The highest BCUT2D eigenvalue weighted by Gasteiger charge is 2.16. The van der Waals surface area contributed by atoms with Crippen LogP contribution in [0.4, 0.5) is 5.69 Å². The van der Waals surface area contributed by atoms with E-state index in [1.165, 1.54) is 6.07 Å². The number of anilines is 1. The fraction of sp³-hybridized carbons (Fsp3) is 0.308. The van der Waals surface area contributed by atoms with Crippen molar-refractivity contribution >= 4 is 27.0 Å². The molecule has 2 rings (SSSR count). The van der Waals surface area contributed by atoms with E-state index in [1.54, 1.807) is 30.4 Å². The molecule has 0 aliphatic heterocycles. The van der Waals surface area contributed by atoms with Gasteiger partial charge >= 0.3 is 0 Å². The first kappa shape index (κ1) is 15.0. The van der Waals surface area contributed by atoms with Gasteiger partial charge in [0.05, 0.1) is 15.6 Å². The summed E-state index contributed by atoms with van der Waals surface area (Å²) in [6.45, 7) is 3.99. The molecule has 7 heteroatoms. The fourth-order valence-corrected chi connectivity index (χ4v) is 3.79. The number of nitrogen functional groups attached to an aromatic ring is 1. The van der Waals surface area contributed by atoms with Gasteiger partial charge in [-0.15, -0.1) is 11.3 Å². The number of nitrogens with zero attached hydrogens (tertiary/aromatic N) is 1. The number of sulfonamides is 1. The van der Waals surface area contributed by atoms with Crippen LogP contribution in [-0.2, 0) is 16.4 Å². The molecular weight excluding hydrogens is 294 g/mol. The molecule has 2 aromatic rings. The van der Waals surface area contributed by atoms with Gasteiger partial charge in [0.2, 0.25) is 10.0 Å². The molecule has 108 valence electrons. The minimum absolute atomic E-state index is 0.265. The molecule has 0 saturated heterocycles. The van der Waals surface area contributed by atoms with Gasteiger partial charge < -0.3 is 5.73 Å². The summed E-state index contributed by atoms with van der Waals surface area (Å²) in [6, 6.07) is 4.77. The minimum atomic E-state index is -3.50. The molecule has 0 aliphatic carbocycles. The second kappa shape index (κ2) is 5.90. The summed E-state index contributed by atoms with van der Waals surface area (Å²) in [6.07, 6.45) is 0.581. The number of benzene rings is 1. The van der Waals surface area contributed by atoms with Gasteiger partial charge in [0, 0.05) is 24.0 Å². The van der Waals surface area contributed by atoms with Crippen molar-refractivity contribution in [2.24, 2.45) is 0 Å². The zero-order valence-corrected chi connectivity index (χ0v) is 13.0. The largest absolute Gasteiger partial charge is 0.399 e. The molecule has 20 heavy (non-hydrogen) atoms. The van der Waals surface area contributed by atoms with Crippen LogP contribution in [0.25, 0.3) is 0 Å². The van der Waals surface area contributed by atoms with Crippen LogP contribution < -0.4 is 10.5 Å². The van der Waals surface area contributed by atoms with Crippen molar-refractivity contribution < 1.29 is 8.42 Å². The second-order valence-corrected chi connectivity index (χ2v) is 7.33. The number of nitrogens with two attached hydrogens (primary N) is 1. The molecule has 0 saturated carbocycles. The van der Waals surface area contributed by atoms with Crippen LogP contribution >= 0.6 is 11.3 Å². The number of aryl methyl sites for hydroxylation is 2. The molecule has 0 spiro atoms. The van der Waals surface area contributed by atoms with Crippen LogP contribution in [0.3, 0.4) is 0 Å². The van der Waals surface area contributed by atoms with Crippen LogP contribution in [0.5, 0.6) is 0 Å². The summed E-state index contributed by atoms with van der Waals surface area (Å²) in [7, 11) is -3.50. The molecule has 0 atom stereocenters. The Labute approximate surface area is 122 Å². The minimum Gasteiger partial charge on any atom is -0.399 e. The van der Waals surface area contributed by atoms with Gasteiger partial charge in [0.15, 0.2) is 0 Å². The van der Waals surface area contributed by atoms with Crippen molar-refractivity contribution in [3.63, 3.8) is 0 Å². The summed E-state index contributed by atoms with van der Waals surface area (Å²) in [5.74, 6) is 0. The van der Waals surface area contributed by atoms with E-state index in [4.69, 9.17) is 5.73 Å². The van der Waals surface area contributed by atoms with E-state index in [1.807, 2.05) is 12.3 Å². The Bertz CT molecular complexity index is 708. The lowest BCUT2D eigenvalue weighted by Crippen LogP contribution is -2.26. The fourth-order valence-electron chi connectivity index (χ4n) is 1.89. The Morgan fingerprint density at radius 1 is 1.35 bits per heavy atom. The average molecular weight is 311 g/mol. The molecule has 0 fully saturated rings. The maximum atomic E-state index is 12.2. The maximum Gasteiger partial charge on any atom is 0.240 e. The van der Waals surface area contributed by atoms with Gasteiger partial charge in [-0.1, -0.05) is 0 Å². The van der Waals surface area contributed by atoms with E-state index in [9.17, 15) is 8.42 Å². The third-order valence-corrected chi connectivity index (χ3v) is 5.27. The summed E-state index contributed by atoms with van der Waals surface area (Å²) in [4.78, 5) is 4.56. The normalized spacial score (nSPS) is 11.7. The van der Waals surface area contributed by atoms with Crippen molar-refractivity contribution in [2.45, 2.75) is 25.2 Å². The molecule has 0 amide bonds. The maximum absolute atomic E-state index is 12.2. The van der Waals surface area contributed by atoms with Crippen molar-refractivity contribution in [3.8, 4) is 0 Å². The van der Waals surface area contributed by atoms with E-state index in [2.05, 4.69) is 9.71 Å². The molecule has 0 bridgehead atoms. The number of hydrogen-bond donors (Lipinski definition) is 2. The van der Waals surface area contributed by atoms with E-state index in [0.717, 1.165) is 10.7 Å². The Hall–Kier alpha value is -1.44. The van der Waals surface area contributed by atoms with Gasteiger partial charge in [-0.05, 0) is 37.6 Å². The van der Waals surface area contributed by atoms with Crippen LogP contribution in [0.15, 0.2) is 28.5 Å². The summed E-state index contributed by atoms with van der Waals surface area (Å²) in [5, 5.41) is 2.93. The topological polar surface area (TPSA) is 85.1 Å². The lowest BCUT2D eigenvalue weighted by atomic mass is 10.2. The molecule has 0 aliphatic rings.